The Labute approximate surface area is 279 Å². The number of hydrogen-bond acceptors (Lipinski definition) is 12. The van der Waals surface area contributed by atoms with Gasteiger partial charge in [0, 0.05) is 24.3 Å². The van der Waals surface area contributed by atoms with Crippen LogP contribution >= 0.6 is 0 Å². The van der Waals surface area contributed by atoms with Gasteiger partial charge in [-0.1, -0.05) is 48.5 Å². The van der Waals surface area contributed by atoms with E-state index in [1.54, 1.807) is 0 Å². The molecule has 0 unspecified atom stereocenters. The topological polar surface area (TPSA) is 186 Å². The number of phenols is 4. The Morgan fingerprint density at radius 2 is 0.551 bits per heavy atom. The molecular weight excluding hydrogens is 636 g/mol. The number of rotatable bonds is 12. The maximum atomic E-state index is 13.0. The van der Waals surface area contributed by atoms with Gasteiger partial charge >= 0.3 is 30.0 Å². The minimum Gasteiger partial charge on any atom is -0.508 e. The largest absolute Gasteiger partial charge is 0.620 e. The summed E-state index contributed by atoms with van der Waals surface area (Å²) in [4.78, 5) is 52.1. The number of carbonyl (C=O) groups excluding carboxylic acids is 4. The fourth-order valence-electron chi connectivity index (χ4n) is 3.75. The summed E-state index contributed by atoms with van der Waals surface area (Å²) in [6.07, 6.45) is 5.10. The predicted octanol–water partition coefficient (Wildman–Crippen LogP) is 5.45. The second kappa shape index (κ2) is 16.5. The Kier molecular flexibility index (Phi) is 11.7. The van der Waals surface area contributed by atoms with Crippen molar-refractivity contribution in [3.05, 3.63) is 144 Å². The monoisotopic (exact) mass is 664 g/mol. The summed E-state index contributed by atoms with van der Waals surface area (Å²) >= 11 is 0. The van der Waals surface area contributed by atoms with E-state index in [9.17, 15) is 39.6 Å². The molecule has 0 aliphatic rings. The van der Waals surface area contributed by atoms with Gasteiger partial charge in [-0.05, 0) is 95.1 Å². The van der Waals surface area contributed by atoms with Gasteiger partial charge in [0.15, 0.2) is 0 Å². The molecule has 0 radical (unpaired) electrons. The molecule has 0 fully saturated rings. The number of phenolic OH excluding ortho intramolecular Hbond substituents is 4. The zero-order chi connectivity index (χ0) is 35.2. The molecule has 0 saturated heterocycles. The van der Waals surface area contributed by atoms with Crippen LogP contribution in [0.1, 0.15) is 22.3 Å². The van der Waals surface area contributed by atoms with Crippen LogP contribution in [0.25, 0.3) is 24.3 Å². The normalized spacial score (nSPS) is 11.6. The quantitative estimate of drug-likeness (QED) is 0.0854. The zero-order valence-corrected chi connectivity index (χ0v) is 25.4. The first kappa shape index (κ1) is 34.8. The van der Waals surface area contributed by atoms with E-state index in [4.69, 9.17) is 18.9 Å². The van der Waals surface area contributed by atoms with Crippen molar-refractivity contribution in [3.8, 4) is 23.0 Å². The Morgan fingerprint density at radius 1 is 0.367 bits per heavy atom. The van der Waals surface area contributed by atoms with Gasteiger partial charge < -0.3 is 39.4 Å². The molecule has 0 aliphatic heterocycles. The Balaban J connectivity index is 1.67. The van der Waals surface area contributed by atoms with E-state index in [0.717, 1.165) is 24.3 Å². The second-order valence-electron chi connectivity index (χ2n) is 9.88. The van der Waals surface area contributed by atoms with E-state index >= 15 is 0 Å². The molecule has 0 bridgehead atoms. The van der Waals surface area contributed by atoms with E-state index < -0.39 is 30.0 Å². The van der Waals surface area contributed by atoms with Crippen molar-refractivity contribution < 1.29 is 58.6 Å². The van der Waals surface area contributed by atoms with Crippen LogP contribution in [0.2, 0.25) is 0 Å². The van der Waals surface area contributed by atoms with Gasteiger partial charge in [0.1, 0.15) is 23.0 Å². The number of hydrogen-bond donors (Lipinski definition) is 4. The Morgan fingerprint density at radius 3 is 0.735 bits per heavy atom. The van der Waals surface area contributed by atoms with Crippen LogP contribution < -0.4 is 0 Å². The molecule has 0 amide bonds. The third-order valence-corrected chi connectivity index (χ3v) is 6.12. The molecule has 248 valence electrons. The van der Waals surface area contributed by atoms with Crippen LogP contribution in [0, 0.1) is 0 Å². The number of esters is 4. The van der Waals surface area contributed by atoms with Crippen molar-refractivity contribution in [2.45, 2.75) is 6.16 Å². The SMILES string of the molecule is O=C(/C=C/c1ccc(O)cc1)OC(OC(=O)/C=C/c1ccc(O)cc1)(OC(=O)/C=C/c1ccc(O)cc1)OC(=O)/C=C/c1ccc(O)cc1. The lowest BCUT2D eigenvalue weighted by Gasteiger charge is -2.27. The molecule has 4 aromatic rings. The summed E-state index contributed by atoms with van der Waals surface area (Å²) in [5, 5.41) is 38.1. The van der Waals surface area contributed by atoms with Gasteiger partial charge in [-0.15, -0.1) is 0 Å². The molecule has 4 N–H and O–H groups in total. The minimum absolute atomic E-state index is 0.0226. The van der Waals surface area contributed by atoms with Gasteiger partial charge in [-0.3, -0.25) is 0 Å². The van der Waals surface area contributed by atoms with Gasteiger partial charge in [0.25, 0.3) is 0 Å². The lowest BCUT2D eigenvalue weighted by molar-refractivity contribution is -0.427. The van der Waals surface area contributed by atoms with Crippen molar-refractivity contribution in [2.75, 3.05) is 0 Å². The van der Waals surface area contributed by atoms with Gasteiger partial charge in [0.2, 0.25) is 0 Å². The van der Waals surface area contributed by atoms with Gasteiger partial charge in [-0.25, -0.2) is 19.2 Å². The Bertz CT molecular complexity index is 1600. The lowest BCUT2D eigenvalue weighted by atomic mass is 10.2. The predicted molar refractivity (Wildman–Crippen MR) is 176 cm³/mol. The summed E-state index contributed by atoms with van der Waals surface area (Å²) in [6.45, 7) is 0. The van der Waals surface area contributed by atoms with E-state index in [0.29, 0.717) is 22.3 Å². The van der Waals surface area contributed by atoms with Crippen molar-refractivity contribution in [2.24, 2.45) is 0 Å². The molecule has 0 aromatic heterocycles. The highest BCUT2D eigenvalue weighted by molar-refractivity contribution is 5.92. The van der Waals surface area contributed by atoms with Crippen LogP contribution in [0.15, 0.2) is 121 Å². The van der Waals surface area contributed by atoms with E-state index in [-0.39, 0.29) is 23.0 Å². The van der Waals surface area contributed by atoms with E-state index in [2.05, 4.69) is 0 Å². The summed E-state index contributed by atoms with van der Waals surface area (Å²) in [5.41, 5.74) is 1.77. The third kappa shape index (κ3) is 11.7. The first-order chi connectivity index (χ1) is 23.5. The molecule has 4 rings (SSSR count). The van der Waals surface area contributed by atoms with Crippen LogP contribution in [0.5, 0.6) is 23.0 Å². The molecule has 0 spiro atoms. The highest BCUT2D eigenvalue weighted by Crippen LogP contribution is 2.23. The molecule has 0 saturated carbocycles. The molecule has 12 heteroatoms. The highest BCUT2D eigenvalue weighted by Gasteiger charge is 2.48. The first-order valence-corrected chi connectivity index (χ1v) is 14.3. The zero-order valence-electron chi connectivity index (χ0n) is 25.4. The fourth-order valence-corrected chi connectivity index (χ4v) is 3.75. The summed E-state index contributed by atoms with van der Waals surface area (Å²) in [5.74, 6) is -5.22. The molecule has 49 heavy (non-hydrogen) atoms. The second-order valence-corrected chi connectivity index (χ2v) is 9.88. The summed E-state index contributed by atoms with van der Waals surface area (Å²) < 4.78 is 20.8. The highest BCUT2D eigenvalue weighted by atomic mass is 17.0. The maximum absolute atomic E-state index is 13.0. The van der Waals surface area contributed by atoms with Crippen LogP contribution in [0.4, 0.5) is 0 Å². The average Bonchev–Trinajstić information content (AvgIpc) is 3.07. The minimum atomic E-state index is -3.40. The van der Waals surface area contributed by atoms with Crippen molar-refractivity contribution in [3.63, 3.8) is 0 Å². The number of aromatic hydroxyl groups is 4. The standard InChI is InChI=1S/C37H28O12/c38-29-13-1-25(2-14-29)9-21-33(42)46-37(47-34(43)22-10-26-3-15-30(39)16-4-26,48-35(44)23-11-27-5-17-31(40)18-6-27)49-36(45)24-12-28-7-19-32(41)20-8-28/h1-24,38-41H/b21-9+,22-10+,23-11+,24-12+. The summed E-state index contributed by atoms with van der Waals surface area (Å²) in [7, 11) is 0. The third-order valence-electron chi connectivity index (χ3n) is 6.12. The van der Waals surface area contributed by atoms with Crippen LogP contribution in [-0.4, -0.2) is 50.5 Å². The molecule has 4 aromatic carbocycles. The van der Waals surface area contributed by atoms with Crippen molar-refractivity contribution >= 4 is 48.2 Å². The number of benzene rings is 4. The Hall–Kier alpha value is -7.08. The van der Waals surface area contributed by atoms with Crippen LogP contribution in [-0.2, 0) is 38.1 Å². The summed E-state index contributed by atoms with van der Waals surface area (Å²) in [6, 6.07) is 22.7. The lowest BCUT2D eigenvalue weighted by Crippen LogP contribution is -2.47. The molecule has 0 heterocycles. The number of ether oxygens (including phenoxy) is 4. The smallest absolute Gasteiger partial charge is 0.508 e. The van der Waals surface area contributed by atoms with Gasteiger partial charge in [0.05, 0.1) is 0 Å². The van der Waals surface area contributed by atoms with E-state index in [1.807, 2.05) is 0 Å². The molecule has 0 atom stereocenters. The molecular formula is C37H28O12. The van der Waals surface area contributed by atoms with Crippen molar-refractivity contribution in [1.82, 2.24) is 0 Å². The number of carbonyl (C=O) groups is 4. The first-order valence-electron chi connectivity index (χ1n) is 14.3. The fraction of sp³-hybridized carbons (Fsp3) is 0.0270. The average molecular weight is 665 g/mol. The van der Waals surface area contributed by atoms with Gasteiger partial charge in [-0.2, -0.15) is 0 Å². The maximum Gasteiger partial charge on any atom is 0.620 e. The molecule has 0 aliphatic carbocycles. The van der Waals surface area contributed by atoms with E-state index in [1.165, 1.54) is 121 Å². The molecule has 12 nitrogen and oxygen atoms in total. The van der Waals surface area contributed by atoms with Crippen molar-refractivity contribution in [1.29, 1.82) is 0 Å². The van der Waals surface area contributed by atoms with Crippen LogP contribution in [0.3, 0.4) is 0 Å².